The zero-order chi connectivity index (χ0) is 16.5. The normalized spacial score (nSPS) is 12.8. The van der Waals surface area contributed by atoms with Gasteiger partial charge in [0.2, 0.25) is 0 Å². The minimum absolute atomic E-state index is 0.0464. The van der Waals surface area contributed by atoms with E-state index in [0.717, 1.165) is 0 Å². The van der Waals surface area contributed by atoms with Crippen molar-refractivity contribution in [1.82, 2.24) is 9.80 Å². The van der Waals surface area contributed by atoms with E-state index in [1.165, 1.54) is 0 Å². The topological polar surface area (TPSA) is 23.6 Å². The van der Waals surface area contributed by atoms with Gasteiger partial charge in [-0.1, -0.05) is 12.2 Å². The fourth-order valence-electron chi connectivity index (χ4n) is 2.89. The van der Waals surface area contributed by atoms with E-state index in [-0.39, 0.29) is 29.1 Å². The van der Waals surface area contributed by atoms with E-state index in [0.29, 0.717) is 4.99 Å². The highest BCUT2D eigenvalue weighted by atomic mass is 32.1. The molecule has 0 saturated heterocycles. The lowest BCUT2D eigenvalue weighted by Crippen LogP contribution is -2.60. The van der Waals surface area contributed by atoms with E-state index in [1.807, 2.05) is 32.6 Å². The first-order chi connectivity index (χ1) is 8.71. The van der Waals surface area contributed by atoms with Crippen LogP contribution in [0.15, 0.2) is 0 Å². The van der Waals surface area contributed by atoms with Gasteiger partial charge in [-0.05, 0) is 69.2 Å². The van der Waals surface area contributed by atoms with Crippen molar-refractivity contribution in [3.63, 3.8) is 0 Å². The molecule has 0 fully saturated rings. The van der Waals surface area contributed by atoms with Crippen LogP contribution < -0.4 is 0 Å². The molecule has 20 heavy (non-hydrogen) atoms. The van der Waals surface area contributed by atoms with Crippen molar-refractivity contribution in [3.05, 3.63) is 0 Å². The molecule has 0 aliphatic carbocycles. The average molecular weight is 301 g/mol. The Kier molecular flexibility index (Phi) is 6.21. The second-order valence-corrected chi connectivity index (χ2v) is 8.27. The van der Waals surface area contributed by atoms with Crippen LogP contribution in [0.5, 0.6) is 0 Å². The molecule has 0 spiro atoms. The third kappa shape index (κ3) is 4.72. The highest BCUT2D eigenvalue weighted by Gasteiger charge is 2.38. The summed E-state index contributed by atoms with van der Waals surface area (Å²) in [7, 11) is 0. The molecule has 0 aliphatic heterocycles. The molecule has 118 valence electrons. The van der Waals surface area contributed by atoms with Crippen LogP contribution >= 0.6 is 12.2 Å². The van der Waals surface area contributed by atoms with Crippen molar-refractivity contribution in [3.8, 4) is 0 Å². The van der Waals surface area contributed by atoms with E-state index < -0.39 is 0 Å². The summed E-state index contributed by atoms with van der Waals surface area (Å²) in [5.41, 5.74) is -0.380. The fourth-order valence-corrected chi connectivity index (χ4v) is 3.54. The van der Waals surface area contributed by atoms with Crippen LogP contribution in [0.2, 0.25) is 0 Å². The fraction of sp³-hybridized carbons (Fsp3) is 0.875. The lowest BCUT2D eigenvalue weighted by Gasteiger charge is -2.48. The first-order valence-electron chi connectivity index (χ1n) is 7.38. The Morgan fingerprint density at radius 1 is 0.850 bits per heavy atom. The number of nitrogens with zero attached hydrogens (tertiary/aromatic N) is 2. The van der Waals surface area contributed by atoms with Crippen LogP contribution in [0.1, 0.15) is 69.2 Å². The largest absolute Gasteiger partial charge is 0.349 e. The third-order valence-electron chi connectivity index (χ3n) is 3.07. The second kappa shape index (κ2) is 6.42. The molecular weight excluding hydrogens is 268 g/mol. The summed E-state index contributed by atoms with van der Waals surface area (Å²) in [5, 5.41) is 0. The molecule has 0 aliphatic rings. The van der Waals surface area contributed by atoms with Crippen LogP contribution in [0.4, 0.5) is 0 Å². The van der Waals surface area contributed by atoms with Crippen LogP contribution in [0.3, 0.4) is 0 Å². The van der Waals surface area contributed by atoms with Crippen molar-refractivity contribution < 1.29 is 4.79 Å². The van der Waals surface area contributed by atoms with E-state index in [1.54, 1.807) is 0 Å². The molecule has 0 bridgehead atoms. The van der Waals surface area contributed by atoms with Gasteiger partial charge in [0.25, 0.3) is 5.91 Å². The lowest BCUT2D eigenvalue weighted by molar-refractivity contribution is -0.128. The molecule has 0 aromatic rings. The van der Waals surface area contributed by atoms with Gasteiger partial charge in [-0.25, -0.2) is 0 Å². The molecule has 4 heteroatoms. The molecular formula is C16H32N2OS. The number of hydrogen-bond donors (Lipinski definition) is 0. The third-order valence-corrected chi connectivity index (χ3v) is 3.43. The number of carbonyl (C=O) groups excluding carboxylic acids is 1. The Hall–Kier alpha value is -0.640. The summed E-state index contributed by atoms with van der Waals surface area (Å²) in [6.45, 7) is 20.6. The van der Waals surface area contributed by atoms with Crippen LogP contribution in [-0.2, 0) is 4.79 Å². The van der Waals surface area contributed by atoms with Crippen molar-refractivity contribution in [2.75, 3.05) is 0 Å². The number of carbonyl (C=O) groups is 1. The number of hydrogen-bond acceptors (Lipinski definition) is 2. The highest BCUT2D eigenvalue weighted by Crippen LogP contribution is 2.26. The summed E-state index contributed by atoms with van der Waals surface area (Å²) >= 11 is 5.54. The minimum Gasteiger partial charge on any atom is -0.349 e. The number of rotatable bonds is 2. The Morgan fingerprint density at radius 2 is 1.15 bits per heavy atom. The van der Waals surface area contributed by atoms with Crippen molar-refractivity contribution >= 4 is 23.1 Å². The zero-order valence-electron chi connectivity index (χ0n) is 14.9. The van der Waals surface area contributed by atoms with Crippen molar-refractivity contribution in [2.24, 2.45) is 0 Å². The van der Waals surface area contributed by atoms with Gasteiger partial charge in [-0.3, -0.25) is 4.79 Å². The van der Waals surface area contributed by atoms with E-state index in [2.05, 4.69) is 46.4 Å². The minimum atomic E-state index is -0.190. The van der Waals surface area contributed by atoms with Gasteiger partial charge in [-0.15, -0.1) is 0 Å². The molecule has 1 amide bonds. The molecule has 0 radical (unpaired) electrons. The Morgan fingerprint density at radius 3 is 1.35 bits per heavy atom. The summed E-state index contributed by atoms with van der Waals surface area (Å²) in [6.07, 6.45) is 0. The Labute approximate surface area is 130 Å². The number of thiocarbonyl (C=S) groups is 1. The van der Waals surface area contributed by atoms with E-state index >= 15 is 0 Å². The second-order valence-electron chi connectivity index (χ2n) is 7.88. The smallest absolute Gasteiger partial charge is 0.281 e. The van der Waals surface area contributed by atoms with Crippen LogP contribution in [0, 0.1) is 0 Å². The van der Waals surface area contributed by atoms with Crippen LogP contribution in [-0.4, -0.2) is 43.9 Å². The zero-order valence-corrected chi connectivity index (χ0v) is 15.7. The average Bonchev–Trinajstić information content (AvgIpc) is 2.10. The lowest BCUT2D eigenvalue weighted by atomic mass is 9.95. The van der Waals surface area contributed by atoms with Gasteiger partial charge in [0.05, 0.1) is 0 Å². The highest BCUT2D eigenvalue weighted by molar-refractivity contribution is 7.82. The van der Waals surface area contributed by atoms with Gasteiger partial charge in [0.1, 0.15) is 0 Å². The molecule has 0 rings (SSSR count). The van der Waals surface area contributed by atoms with Gasteiger partial charge in [0.15, 0.2) is 4.99 Å². The summed E-state index contributed by atoms with van der Waals surface area (Å²) in [4.78, 5) is 17.1. The molecule has 0 atom stereocenters. The molecule has 3 nitrogen and oxygen atoms in total. The van der Waals surface area contributed by atoms with E-state index in [9.17, 15) is 4.79 Å². The maximum atomic E-state index is 12.8. The van der Waals surface area contributed by atoms with Crippen LogP contribution in [0.25, 0.3) is 0 Å². The SMILES string of the molecule is CC(C)N(C(=O)C(=S)N(C(C)(C)C)C(C)(C)C)C(C)C. The van der Waals surface area contributed by atoms with Crippen molar-refractivity contribution in [1.29, 1.82) is 0 Å². The van der Waals surface area contributed by atoms with Gasteiger partial charge < -0.3 is 9.80 Å². The summed E-state index contributed by atoms with van der Waals surface area (Å²) in [5.74, 6) is -0.0464. The number of amides is 1. The molecule has 0 aromatic heterocycles. The Bertz CT molecular complexity index is 340. The maximum Gasteiger partial charge on any atom is 0.281 e. The summed E-state index contributed by atoms with van der Waals surface area (Å²) in [6, 6.07) is 0.282. The van der Waals surface area contributed by atoms with Gasteiger partial charge in [0, 0.05) is 23.2 Å². The molecule has 0 unspecified atom stereocenters. The van der Waals surface area contributed by atoms with E-state index in [4.69, 9.17) is 12.2 Å². The quantitative estimate of drug-likeness (QED) is 0.724. The maximum absolute atomic E-state index is 12.8. The molecule has 0 heterocycles. The first-order valence-corrected chi connectivity index (χ1v) is 7.79. The van der Waals surface area contributed by atoms with Gasteiger partial charge >= 0.3 is 0 Å². The van der Waals surface area contributed by atoms with Crippen molar-refractivity contribution in [2.45, 2.75) is 92.4 Å². The monoisotopic (exact) mass is 300 g/mol. The predicted octanol–water partition coefficient (Wildman–Crippen LogP) is 3.86. The standard InChI is InChI=1S/C16H32N2OS/c1-11(2)17(12(3)4)13(19)14(20)18(15(5,6)7)16(8,9)10/h11-12H,1-10H3. The Balaban J connectivity index is 5.54. The summed E-state index contributed by atoms with van der Waals surface area (Å²) < 4.78 is 0. The molecule has 0 saturated carbocycles. The first kappa shape index (κ1) is 19.4. The molecule has 0 N–H and O–H groups in total. The van der Waals surface area contributed by atoms with Gasteiger partial charge in [-0.2, -0.15) is 0 Å². The predicted molar refractivity (Wildman–Crippen MR) is 91.1 cm³/mol. The molecule has 0 aromatic carbocycles.